The summed E-state index contributed by atoms with van der Waals surface area (Å²) in [6.07, 6.45) is -2.86. The summed E-state index contributed by atoms with van der Waals surface area (Å²) in [4.78, 5) is 0. The Morgan fingerprint density at radius 1 is 0.594 bits per heavy atom. The van der Waals surface area contributed by atoms with Gasteiger partial charge in [0.15, 0.2) is 0 Å². The third-order valence-electron chi connectivity index (χ3n) is 5.22. The van der Waals surface area contributed by atoms with Crippen molar-refractivity contribution in [3.05, 3.63) is 108 Å². The van der Waals surface area contributed by atoms with Crippen LogP contribution in [0.15, 0.2) is 91.0 Å². The Bertz CT molecular complexity index is 870. The summed E-state index contributed by atoms with van der Waals surface area (Å²) in [7, 11) is 0. The fourth-order valence-corrected chi connectivity index (χ4v) is 3.48. The van der Waals surface area contributed by atoms with Gasteiger partial charge < -0.3 is 24.4 Å². The van der Waals surface area contributed by atoms with Crippen LogP contribution in [-0.2, 0) is 34.0 Å². The topological polar surface area (TPSA) is 68.2 Å². The van der Waals surface area contributed by atoms with E-state index in [-0.39, 0.29) is 6.61 Å². The summed E-state index contributed by atoms with van der Waals surface area (Å²) >= 11 is 0. The van der Waals surface area contributed by atoms with Crippen LogP contribution < -0.4 is 0 Å². The zero-order valence-corrected chi connectivity index (χ0v) is 18.4. The maximum atomic E-state index is 10.5. The second-order valence-corrected chi connectivity index (χ2v) is 7.78. The first-order valence-corrected chi connectivity index (χ1v) is 10.9. The number of hydrogen-bond donors (Lipinski definition) is 2. The van der Waals surface area contributed by atoms with E-state index >= 15 is 0 Å². The molecule has 0 radical (unpaired) electrons. The SMILES string of the molecule is C[C@H](O)[C@H](OCc1ccccc1)[C@@H](OCc1ccccc1)[C@H](CO)OCc1ccccc1. The third-order valence-corrected chi connectivity index (χ3v) is 5.22. The van der Waals surface area contributed by atoms with Crippen molar-refractivity contribution in [3.8, 4) is 0 Å². The molecule has 5 heteroatoms. The maximum Gasteiger partial charge on any atom is 0.115 e. The maximum absolute atomic E-state index is 10.5. The van der Waals surface area contributed by atoms with Crippen molar-refractivity contribution in [2.24, 2.45) is 0 Å². The predicted molar refractivity (Wildman–Crippen MR) is 124 cm³/mol. The van der Waals surface area contributed by atoms with Gasteiger partial charge >= 0.3 is 0 Å². The molecule has 0 aromatic heterocycles. The predicted octanol–water partition coefficient (Wildman–Crippen LogP) is 4.12. The molecule has 0 bridgehead atoms. The molecule has 0 unspecified atom stereocenters. The van der Waals surface area contributed by atoms with Crippen LogP contribution in [0.1, 0.15) is 23.6 Å². The van der Waals surface area contributed by atoms with Crippen LogP contribution in [-0.4, -0.2) is 41.2 Å². The van der Waals surface area contributed by atoms with Crippen molar-refractivity contribution < 1.29 is 24.4 Å². The van der Waals surface area contributed by atoms with Crippen LogP contribution in [0, 0.1) is 0 Å². The highest BCUT2D eigenvalue weighted by Gasteiger charge is 2.35. The van der Waals surface area contributed by atoms with Crippen molar-refractivity contribution in [2.45, 2.75) is 51.2 Å². The Labute approximate surface area is 190 Å². The first-order valence-electron chi connectivity index (χ1n) is 10.9. The van der Waals surface area contributed by atoms with Crippen molar-refractivity contribution in [1.29, 1.82) is 0 Å². The molecular formula is C27H32O5. The largest absolute Gasteiger partial charge is 0.394 e. The number of aliphatic hydroxyl groups is 2. The molecular weight excluding hydrogens is 404 g/mol. The molecule has 4 atom stereocenters. The Morgan fingerprint density at radius 3 is 1.34 bits per heavy atom. The van der Waals surface area contributed by atoms with Crippen molar-refractivity contribution in [2.75, 3.05) is 6.61 Å². The minimum Gasteiger partial charge on any atom is -0.394 e. The quantitative estimate of drug-likeness (QED) is 0.422. The highest BCUT2D eigenvalue weighted by molar-refractivity contribution is 5.15. The average Bonchev–Trinajstić information content (AvgIpc) is 2.84. The van der Waals surface area contributed by atoms with E-state index in [1.54, 1.807) is 6.92 Å². The lowest BCUT2D eigenvalue weighted by atomic mass is 10.0. The van der Waals surface area contributed by atoms with E-state index in [0.717, 1.165) is 16.7 Å². The second-order valence-electron chi connectivity index (χ2n) is 7.78. The van der Waals surface area contributed by atoms with Crippen molar-refractivity contribution in [3.63, 3.8) is 0 Å². The van der Waals surface area contributed by atoms with Crippen LogP contribution in [0.3, 0.4) is 0 Å². The number of benzene rings is 3. The molecule has 0 amide bonds. The molecule has 0 saturated carbocycles. The van der Waals surface area contributed by atoms with Crippen LogP contribution in [0.25, 0.3) is 0 Å². The van der Waals surface area contributed by atoms with E-state index in [2.05, 4.69) is 0 Å². The van der Waals surface area contributed by atoms with Crippen LogP contribution in [0.2, 0.25) is 0 Å². The van der Waals surface area contributed by atoms with E-state index < -0.39 is 24.4 Å². The fourth-order valence-electron chi connectivity index (χ4n) is 3.48. The van der Waals surface area contributed by atoms with Crippen molar-refractivity contribution in [1.82, 2.24) is 0 Å². The van der Waals surface area contributed by atoms with Gasteiger partial charge in [0.05, 0.1) is 32.5 Å². The standard InChI is InChI=1S/C27H32O5/c1-21(29)26(31-19-23-13-7-3-8-14-23)27(32-20-24-15-9-4-10-16-24)25(17-28)30-18-22-11-5-2-6-12-22/h2-16,21,25-29H,17-20H2,1H3/t21-,25-,26-,27-/m0/s1. The summed E-state index contributed by atoms with van der Waals surface area (Å²) < 4.78 is 18.4. The van der Waals surface area contributed by atoms with Gasteiger partial charge in [0, 0.05) is 0 Å². The molecule has 0 saturated heterocycles. The molecule has 0 heterocycles. The molecule has 3 aromatic carbocycles. The number of aliphatic hydroxyl groups excluding tert-OH is 2. The van der Waals surface area contributed by atoms with E-state index in [1.807, 2.05) is 91.0 Å². The van der Waals surface area contributed by atoms with Gasteiger partial charge in [-0.3, -0.25) is 0 Å². The number of hydrogen-bond acceptors (Lipinski definition) is 5. The van der Waals surface area contributed by atoms with Crippen LogP contribution >= 0.6 is 0 Å². The summed E-state index contributed by atoms with van der Waals surface area (Å²) in [5.74, 6) is 0. The average molecular weight is 437 g/mol. The number of ether oxygens (including phenoxy) is 3. The summed E-state index contributed by atoms with van der Waals surface area (Å²) in [6, 6.07) is 29.3. The van der Waals surface area contributed by atoms with Crippen molar-refractivity contribution >= 4 is 0 Å². The van der Waals surface area contributed by atoms with E-state index in [0.29, 0.717) is 19.8 Å². The van der Waals surface area contributed by atoms with E-state index in [1.165, 1.54) is 0 Å². The molecule has 3 aromatic rings. The summed E-state index contributed by atoms with van der Waals surface area (Å²) in [5, 5.41) is 20.7. The van der Waals surface area contributed by atoms with Gasteiger partial charge in [0.25, 0.3) is 0 Å². The lowest BCUT2D eigenvalue weighted by Crippen LogP contribution is -2.49. The lowest BCUT2D eigenvalue weighted by Gasteiger charge is -2.34. The monoisotopic (exact) mass is 436 g/mol. The molecule has 0 fully saturated rings. The van der Waals surface area contributed by atoms with Gasteiger partial charge in [-0.2, -0.15) is 0 Å². The van der Waals surface area contributed by atoms with Gasteiger partial charge in [-0.1, -0.05) is 91.0 Å². The molecule has 5 nitrogen and oxygen atoms in total. The molecule has 32 heavy (non-hydrogen) atoms. The van der Waals surface area contributed by atoms with E-state index in [9.17, 15) is 10.2 Å². The smallest absolute Gasteiger partial charge is 0.115 e. The van der Waals surface area contributed by atoms with Gasteiger partial charge in [-0.05, 0) is 23.6 Å². The summed E-state index contributed by atoms with van der Waals surface area (Å²) in [5.41, 5.74) is 2.97. The van der Waals surface area contributed by atoms with E-state index in [4.69, 9.17) is 14.2 Å². The minimum atomic E-state index is -0.825. The first kappa shape index (κ1) is 24.1. The Balaban J connectivity index is 1.75. The number of rotatable bonds is 13. The van der Waals surface area contributed by atoms with Gasteiger partial charge in [-0.15, -0.1) is 0 Å². The Morgan fingerprint density at radius 2 is 0.969 bits per heavy atom. The molecule has 0 aliphatic heterocycles. The van der Waals surface area contributed by atoms with Crippen LogP contribution in [0.4, 0.5) is 0 Å². The Kier molecular flexibility index (Phi) is 9.88. The Hall–Kier alpha value is -2.54. The second kappa shape index (κ2) is 13.1. The molecule has 170 valence electrons. The van der Waals surface area contributed by atoms with Gasteiger partial charge in [-0.25, -0.2) is 0 Å². The van der Waals surface area contributed by atoms with Gasteiger partial charge in [0.2, 0.25) is 0 Å². The summed E-state index contributed by atoms with van der Waals surface area (Å²) in [6.45, 7) is 2.36. The third kappa shape index (κ3) is 7.55. The normalized spacial score (nSPS) is 15.1. The molecule has 0 spiro atoms. The molecule has 0 aliphatic rings. The highest BCUT2D eigenvalue weighted by atomic mass is 16.6. The first-order chi connectivity index (χ1) is 15.7. The lowest BCUT2D eigenvalue weighted by molar-refractivity contribution is -0.183. The molecule has 0 aliphatic carbocycles. The molecule has 2 N–H and O–H groups in total. The minimum absolute atomic E-state index is 0.260. The zero-order chi connectivity index (χ0) is 22.6. The highest BCUT2D eigenvalue weighted by Crippen LogP contribution is 2.20. The zero-order valence-electron chi connectivity index (χ0n) is 18.4. The fraction of sp³-hybridized carbons (Fsp3) is 0.333. The van der Waals surface area contributed by atoms with Gasteiger partial charge in [0.1, 0.15) is 18.3 Å². The van der Waals surface area contributed by atoms with Crippen LogP contribution in [0.5, 0.6) is 0 Å². The molecule has 3 rings (SSSR count).